The van der Waals surface area contributed by atoms with Gasteiger partial charge >= 0.3 is 0 Å². The number of nitrogens with one attached hydrogen (secondary N) is 1. The molecule has 2 rings (SSSR count). The van der Waals surface area contributed by atoms with E-state index in [0.29, 0.717) is 0 Å². The Hall–Kier alpha value is -1.28. The molecule has 2 aromatic rings. The van der Waals surface area contributed by atoms with Crippen molar-refractivity contribution >= 4 is 21.6 Å². The zero-order chi connectivity index (χ0) is 14.9. The molecule has 106 valence electrons. The van der Waals surface area contributed by atoms with Crippen LogP contribution in [0.15, 0.2) is 34.8 Å². The lowest BCUT2D eigenvalue weighted by molar-refractivity contribution is 0.869. The standard InChI is InChI=1S/C18H22BrN/c1-11-6-7-17(19)18(8-11)20-15(5)16-10-13(3)12(2)9-14(16)4/h6-10,15,20H,1-5H3. The summed E-state index contributed by atoms with van der Waals surface area (Å²) in [4.78, 5) is 0. The minimum absolute atomic E-state index is 0.285. The second-order valence-corrected chi connectivity index (χ2v) is 6.50. The van der Waals surface area contributed by atoms with Gasteiger partial charge in [-0.3, -0.25) is 0 Å². The molecule has 0 saturated carbocycles. The summed E-state index contributed by atoms with van der Waals surface area (Å²) in [6.45, 7) is 10.9. The van der Waals surface area contributed by atoms with E-state index in [1.54, 1.807) is 0 Å². The summed E-state index contributed by atoms with van der Waals surface area (Å²) in [5.41, 5.74) is 7.82. The summed E-state index contributed by atoms with van der Waals surface area (Å²) in [7, 11) is 0. The maximum atomic E-state index is 3.61. The fraction of sp³-hybridized carbons (Fsp3) is 0.333. The van der Waals surface area contributed by atoms with Crippen molar-refractivity contribution in [1.29, 1.82) is 0 Å². The molecule has 0 fully saturated rings. The van der Waals surface area contributed by atoms with Crippen LogP contribution in [-0.2, 0) is 0 Å². The molecular weight excluding hydrogens is 310 g/mol. The number of aryl methyl sites for hydroxylation is 4. The minimum Gasteiger partial charge on any atom is -0.378 e. The predicted molar refractivity (Wildman–Crippen MR) is 91.6 cm³/mol. The molecule has 0 aromatic heterocycles. The zero-order valence-electron chi connectivity index (χ0n) is 12.8. The van der Waals surface area contributed by atoms with E-state index in [4.69, 9.17) is 0 Å². The Labute approximate surface area is 130 Å². The molecule has 0 aliphatic carbocycles. The molecule has 2 heteroatoms. The maximum absolute atomic E-state index is 3.61. The quantitative estimate of drug-likeness (QED) is 0.743. The summed E-state index contributed by atoms with van der Waals surface area (Å²) >= 11 is 3.61. The molecule has 1 nitrogen and oxygen atoms in total. The van der Waals surface area contributed by atoms with Gasteiger partial charge in [0.05, 0.1) is 0 Å². The Morgan fingerprint density at radius 3 is 2.25 bits per heavy atom. The average Bonchev–Trinajstić information content (AvgIpc) is 2.38. The summed E-state index contributed by atoms with van der Waals surface area (Å²) in [5.74, 6) is 0. The van der Waals surface area contributed by atoms with Crippen molar-refractivity contribution in [3.63, 3.8) is 0 Å². The highest BCUT2D eigenvalue weighted by molar-refractivity contribution is 9.10. The van der Waals surface area contributed by atoms with Crippen LogP contribution in [0.4, 0.5) is 5.69 Å². The van der Waals surface area contributed by atoms with E-state index >= 15 is 0 Å². The first kappa shape index (κ1) is 15.1. The Morgan fingerprint density at radius 1 is 0.900 bits per heavy atom. The lowest BCUT2D eigenvalue weighted by atomic mass is 9.96. The van der Waals surface area contributed by atoms with Gasteiger partial charge in [-0.05, 0) is 90.5 Å². The van der Waals surface area contributed by atoms with Crippen LogP contribution >= 0.6 is 15.9 Å². The normalized spacial score (nSPS) is 12.3. The molecule has 0 aliphatic heterocycles. The molecule has 1 N–H and O–H groups in total. The number of hydrogen-bond acceptors (Lipinski definition) is 1. The summed E-state index contributed by atoms with van der Waals surface area (Å²) in [6, 6.07) is 11.2. The van der Waals surface area contributed by atoms with Crippen molar-refractivity contribution in [3.8, 4) is 0 Å². The lowest BCUT2D eigenvalue weighted by Crippen LogP contribution is -2.09. The molecular formula is C18H22BrN. The first-order valence-corrected chi connectivity index (χ1v) is 7.78. The highest BCUT2D eigenvalue weighted by Gasteiger charge is 2.11. The third-order valence-electron chi connectivity index (χ3n) is 3.84. The predicted octanol–water partition coefficient (Wildman–Crippen LogP) is 5.86. The summed E-state index contributed by atoms with van der Waals surface area (Å²) < 4.78 is 1.11. The first-order chi connectivity index (χ1) is 9.38. The van der Waals surface area contributed by atoms with Crippen molar-refractivity contribution in [2.75, 3.05) is 5.32 Å². The smallest absolute Gasteiger partial charge is 0.0491 e. The minimum atomic E-state index is 0.285. The topological polar surface area (TPSA) is 12.0 Å². The van der Waals surface area contributed by atoms with Crippen molar-refractivity contribution < 1.29 is 0 Å². The number of hydrogen-bond donors (Lipinski definition) is 1. The number of anilines is 1. The van der Waals surface area contributed by atoms with Gasteiger partial charge in [-0.15, -0.1) is 0 Å². The Kier molecular flexibility index (Phi) is 4.54. The van der Waals surface area contributed by atoms with E-state index in [9.17, 15) is 0 Å². The number of benzene rings is 2. The Morgan fingerprint density at radius 2 is 1.55 bits per heavy atom. The van der Waals surface area contributed by atoms with Crippen molar-refractivity contribution in [3.05, 3.63) is 62.6 Å². The molecule has 0 heterocycles. The molecule has 0 amide bonds. The van der Waals surface area contributed by atoms with E-state index in [1.807, 2.05) is 0 Å². The average molecular weight is 332 g/mol. The van der Waals surface area contributed by atoms with Gasteiger partial charge in [0.2, 0.25) is 0 Å². The fourth-order valence-corrected chi connectivity index (χ4v) is 2.87. The molecule has 0 radical (unpaired) electrons. The van der Waals surface area contributed by atoms with Gasteiger partial charge in [-0.1, -0.05) is 18.2 Å². The van der Waals surface area contributed by atoms with Crippen LogP contribution in [0.2, 0.25) is 0 Å². The highest BCUT2D eigenvalue weighted by atomic mass is 79.9. The third-order valence-corrected chi connectivity index (χ3v) is 4.53. The van der Waals surface area contributed by atoms with Crippen molar-refractivity contribution in [2.24, 2.45) is 0 Å². The second kappa shape index (κ2) is 6.01. The number of halogens is 1. The van der Waals surface area contributed by atoms with E-state index in [0.717, 1.165) is 10.2 Å². The van der Waals surface area contributed by atoms with Crippen molar-refractivity contribution in [1.82, 2.24) is 0 Å². The molecule has 1 unspecified atom stereocenters. The van der Waals surface area contributed by atoms with Gasteiger partial charge in [0, 0.05) is 16.2 Å². The molecule has 0 aliphatic rings. The van der Waals surface area contributed by atoms with Crippen LogP contribution in [0.5, 0.6) is 0 Å². The lowest BCUT2D eigenvalue weighted by Gasteiger charge is -2.20. The van der Waals surface area contributed by atoms with Crippen LogP contribution < -0.4 is 5.32 Å². The fourth-order valence-electron chi connectivity index (χ4n) is 2.51. The Bertz CT molecular complexity index is 632. The van der Waals surface area contributed by atoms with Gasteiger partial charge in [0.1, 0.15) is 0 Å². The van der Waals surface area contributed by atoms with E-state index in [1.165, 1.54) is 27.8 Å². The largest absolute Gasteiger partial charge is 0.378 e. The Balaban J connectivity index is 2.30. The van der Waals surface area contributed by atoms with E-state index in [2.05, 4.69) is 86.2 Å². The molecule has 0 saturated heterocycles. The molecule has 20 heavy (non-hydrogen) atoms. The molecule has 0 bridgehead atoms. The van der Waals surface area contributed by atoms with Gasteiger partial charge in [0.25, 0.3) is 0 Å². The van der Waals surface area contributed by atoms with Crippen molar-refractivity contribution in [2.45, 2.75) is 40.7 Å². The maximum Gasteiger partial charge on any atom is 0.0491 e. The number of rotatable bonds is 3. The summed E-state index contributed by atoms with van der Waals surface area (Å²) in [5, 5.41) is 3.61. The van der Waals surface area contributed by atoms with Gasteiger partial charge in [-0.2, -0.15) is 0 Å². The summed E-state index contributed by atoms with van der Waals surface area (Å²) in [6.07, 6.45) is 0. The van der Waals surface area contributed by atoms with E-state index in [-0.39, 0.29) is 6.04 Å². The monoisotopic (exact) mass is 331 g/mol. The second-order valence-electron chi connectivity index (χ2n) is 5.64. The third kappa shape index (κ3) is 3.24. The van der Waals surface area contributed by atoms with Crippen LogP contribution in [0, 0.1) is 27.7 Å². The first-order valence-electron chi connectivity index (χ1n) is 6.99. The zero-order valence-corrected chi connectivity index (χ0v) is 14.4. The van der Waals surface area contributed by atoms with Gasteiger partial charge < -0.3 is 5.32 Å². The van der Waals surface area contributed by atoms with Crippen LogP contribution in [0.3, 0.4) is 0 Å². The molecule has 1 atom stereocenters. The molecule has 2 aromatic carbocycles. The van der Waals surface area contributed by atoms with Crippen LogP contribution in [-0.4, -0.2) is 0 Å². The van der Waals surface area contributed by atoms with E-state index < -0.39 is 0 Å². The van der Waals surface area contributed by atoms with Crippen LogP contribution in [0.25, 0.3) is 0 Å². The van der Waals surface area contributed by atoms with Crippen LogP contribution in [0.1, 0.15) is 40.8 Å². The highest BCUT2D eigenvalue weighted by Crippen LogP contribution is 2.29. The van der Waals surface area contributed by atoms with Gasteiger partial charge in [-0.25, -0.2) is 0 Å². The van der Waals surface area contributed by atoms with Gasteiger partial charge in [0.15, 0.2) is 0 Å². The molecule has 0 spiro atoms. The SMILES string of the molecule is Cc1ccc(Br)c(NC(C)c2cc(C)c(C)cc2C)c1.